The molecule has 0 saturated carbocycles. The van der Waals surface area contributed by atoms with Gasteiger partial charge in [-0.2, -0.15) is 10.2 Å². The van der Waals surface area contributed by atoms with Crippen LogP contribution in [0.4, 0.5) is 11.9 Å². The van der Waals surface area contributed by atoms with E-state index in [2.05, 4.69) is 60.9 Å². The number of rotatable bonds is 9. The number of nitrogens with one attached hydrogen (secondary N) is 4. The fourth-order valence-electron chi connectivity index (χ4n) is 5.50. The lowest BCUT2D eigenvalue weighted by Gasteiger charge is -2.10. The zero-order valence-corrected chi connectivity index (χ0v) is 32.0. The topological polar surface area (TPSA) is 237 Å². The van der Waals surface area contributed by atoms with Crippen LogP contribution >= 0.6 is 23.2 Å². The first-order chi connectivity index (χ1) is 27.6. The van der Waals surface area contributed by atoms with Gasteiger partial charge < -0.3 is 9.47 Å². The monoisotopic (exact) mass is 804 g/mol. The Kier molecular flexibility index (Phi) is 11.1. The van der Waals surface area contributed by atoms with Crippen LogP contribution in [-0.2, 0) is 9.59 Å². The summed E-state index contributed by atoms with van der Waals surface area (Å²) in [6.45, 7) is 5.20. The number of aromatic amines is 2. The molecule has 0 aliphatic heterocycles. The van der Waals surface area contributed by atoms with Crippen LogP contribution in [-0.4, -0.2) is 85.8 Å². The molecule has 20 heteroatoms. The fourth-order valence-corrected chi connectivity index (χ4v) is 6.00. The number of benzene rings is 2. The van der Waals surface area contributed by atoms with Crippen LogP contribution in [0.3, 0.4) is 0 Å². The van der Waals surface area contributed by atoms with E-state index in [4.69, 9.17) is 42.6 Å². The Bertz CT molecular complexity index is 2750. The summed E-state index contributed by atoms with van der Waals surface area (Å²) < 4.78 is 10.7. The lowest BCUT2D eigenvalue weighted by Crippen LogP contribution is -2.10. The number of aromatic nitrogens is 12. The average molecular weight is 806 g/mol. The third kappa shape index (κ3) is 8.56. The number of halogens is 2. The molecule has 0 aliphatic carbocycles. The average Bonchev–Trinajstić information content (AvgIpc) is 3.94. The van der Waals surface area contributed by atoms with Crippen LogP contribution in [0.2, 0.25) is 10.0 Å². The van der Waals surface area contributed by atoms with E-state index in [-0.39, 0.29) is 23.7 Å². The van der Waals surface area contributed by atoms with Gasteiger partial charge in [0, 0.05) is 25.0 Å². The molecule has 0 spiro atoms. The number of anilines is 2. The lowest BCUT2D eigenvalue weighted by atomic mass is 10.1. The van der Waals surface area contributed by atoms with Crippen LogP contribution in [0.15, 0.2) is 73.3 Å². The minimum absolute atomic E-state index is 0.161. The smallest absolute Gasteiger partial charge is 0.230 e. The summed E-state index contributed by atoms with van der Waals surface area (Å²) in [4.78, 5) is 58.0. The number of methoxy groups -OCH3 is 1. The largest absolute Gasteiger partial charge is 0.495 e. The van der Waals surface area contributed by atoms with Gasteiger partial charge in [-0.3, -0.25) is 30.4 Å². The van der Waals surface area contributed by atoms with Crippen molar-refractivity contribution in [1.29, 1.82) is 0 Å². The third-order valence-corrected chi connectivity index (χ3v) is 8.50. The second-order valence-electron chi connectivity index (χ2n) is 11.9. The van der Waals surface area contributed by atoms with Crippen LogP contribution in [0, 0.1) is 0 Å². The van der Waals surface area contributed by atoms with E-state index in [1.807, 2.05) is 31.2 Å². The summed E-state index contributed by atoms with van der Waals surface area (Å²) in [5.74, 6) is 1.79. The Morgan fingerprint density at radius 2 is 1.12 bits per heavy atom. The molecule has 0 unspecified atom stereocenters. The Morgan fingerprint density at radius 1 is 0.649 bits per heavy atom. The number of pyridine rings is 2. The molecule has 286 valence electrons. The van der Waals surface area contributed by atoms with Crippen molar-refractivity contribution >= 4 is 69.0 Å². The highest BCUT2D eigenvalue weighted by atomic mass is 35.5. The van der Waals surface area contributed by atoms with Crippen molar-refractivity contribution in [2.45, 2.75) is 20.8 Å². The van der Waals surface area contributed by atoms with Gasteiger partial charge in [-0.25, -0.2) is 39.9 Å². The molecule has 2 aromatic carbocycles. The van der Waals surface area contributed by atoms with Crippen molar-refractivity contribution in [3.8, 4) is 57.1 Å². The van der Waals surface area contributed by atoms with Crippen molar-refractivity contribution in [1.82, 2.24) is 60.3 Å². The number of ether oxygens (including phenoxy) is 2. The molecule has 0 fully saturated rings. The number of carbonyl (C=O) groups excluding carboxylic acids is 2. The summed E-state index contributed by atoms with van der Waals surface area (Å²) >= 11 is 12.6. The number of H-pyrrole nitrogens is 2. The zero-order valence-electron chi connectivity index (χ0n) is 30.5. The molecule has 0 atom stereocenters. The second-order valence-corrected chi connectivity index (χ2v) is 12.7. The summed E-state index contributed by atoms with van der Waals surface area (Å²) in [7, 11) is 1.56. The summed E-state index contributed by atoms with van der Waals surface area (Å²) in [5, 5.41) is 19.4. The highest BCUT2D eigenvalue weighted by Crippen LogP contribution is 2.33. The van der Waals surface area contributed by atoms with Gasteiger partial charge in [0.25, 0.3) is 0 Å². The van der Waals surface area contributed by atoms with Gasteiger partial charge in [-0.05, 0) is 67.6 Å². The minimum atomic E-state index is -0.277. The van der Waals surface area contributed by atoms with E-state index in [0.29, 0.717) is 84.6 Å². The maximum atomic E-state index is 11.4. The maximum Gasteiger partial charge on any atom is 0.230 e. The predicted octanol–water partition coefficient (Wildman–Crippen LogP) is 6.58. The highest BCUT2D eigenvalue weighted by Gasteiger charge is 2.18. The Morgan fingerprint density at radius 3 is 1.51 bits per heavy atom. The van der Waals surface area contributed by atoms with E-state index in [0.717, 1.165) is 11.1 Å². The van der Waals surface area contributed by atoms with Gasteiger partial charge in [-0.15, -0.1) is 0 Å². The molecule has 6 heterocycles. The van der Waals surface area contributed by atoms with Gasteiger partial charge >= 0.3 is 0 Å². The van der Waals surface area contributed by atoms with Crippen molar-refractivity contribution < 1.29 is 19.1 Å². The standard InChI is InChI=1S/C19H16ClN7O2.C18H14ClN7O2/c1-3-29-15-7-4-11(8-12(15)20)13-5-6-14-16(24-13)17(18-21-9-22-27-18)26-19(25-14)23-10(2)28;1-9(27)22-18-24-13-5-4-12(10-3-6-14(28-2)11(19)7-10)23-15(13)16(25-18)17-20-8-21-26-17/h4-9H,3H2,1-2H3,(H,21,22,27)(H,23,25,26,28);3-8H,1-2H3,(H,20,21,26)(H,22,24,25,27). The van der Waals surface area contributed by atoms with E-state index >= 15 is 0 Å². The predicted molar refractivity (Wildman–Crippen MR) is 213 cm³/mol. The van der Waals surface area contributed by atoms with Gasteiger partial charge in [0.15, 0.2) is 11.6 Å². The van der Waals surface area contributed by atoms with E-state index in [1.54, 1.807) is 43.5 Å². The molecule has 0 radical (unpaired) electrons. The van der Waals surface area contributed by atoms with Gasteiger partial charge in [0.1, 0.15) is 46.6 Å². The lowest BCUT2D eigenvalue weighted by molar-refractivity contribution is -0.115. The fraction of sp³-hybridized carbons (Fsp3) is 0.135. The number of amides is 2. The number of nitrogens with zero attached hydrogens (tertiary/aromatic N) is 10. The Balaban J connectivity index is 0.000000174. The first-order valence-corrected chi connectivity index (χ1v) is 17.8. The van der Waals surface area contributed by atoms with Gasteiger partial charge in [0.05, 0.1) is 46.2 Å². The summed E-state index contributed by atoms with van der Waals surface area (Å²) in [5.41, 5.74) is 5.95. The number of fused-ring (bicyclic) bond motifs is 2. The maximum absolute atomic E-state index is 11.4. The molecule has 18 nitrogen and oxygen atoms in total. The van der Waals surface area contributed by atoms with E-state index < -0.39 is 0 Å². The van der Waals surface area contributed by atoms with Crippen molar-refractivity contribution in [3.63, 3.8) is 0 Å². The van der Waals surface area contributed by atoms with Crippen molar-refractivity contribution in [2.75, 3.05) is 24.4 Å². The van der Waals surface area contributed by atoms with Crippen LogP contribution < -0.4 is 20.1 Å². The number of hydrogen-bond donors (Lipinski definition) is 4. The summed E-state index contributed by atoms with van der Waals surface area (Å²) in [6, 6.07) is 18.1. The second kappa shape index (κ2) is 16.7. The molecule has 57 heavy (non-hydrogen) atoms. The normalized spacial score (nSPS) is 10.8. The molecule has 2 amide bonds. The van der Waals surface area contributed by atoms with Crippen molar-refractivity contribution in [2.24, 2.45) is 0 Å². The molecule has 0 aliphatic rings. The molecular formula is C37H30Cl2N14O4. The van der Waals surface area contributed by atoms with Gasteiger partial charge in [-0.1, -0.05) is 23.2 Å². The van der Waals surface area contributed by atoms with Crippen molar-refractivity contribution in [3.05, 3.63) is 83.4 Å². The number of carbonyl (C=O) groups is 2. The van der Waals surface area contributed by atoms with E-state index in [1.165, 1.54) is 26.5 Å². The van der Waals surface area contributed by atoms with Crippen LogP contribution in [0.25, 0.3) is 67.6 Å². The molecule has 0 saturated heterocycles. The summed E-state index contributed by atoms with van der Waals surface area (Å²) in [6.07, 6.45) is 2.74. The Hall–Kier alpha value is -7.18. The van der Waals surface area contributed by atoms with Crippen LogP contribution in [0.1, 0.15) is 20.8 Å². The molecule has 0 bridgehead atoms. The first-order valence-electron chi connectivity index (χ1n) is 17.0. The molecule has 8 rings (SSSR count). The SMILES string of the molecule is CCOc1ccc(-c2ccc3nc(NC(C)=O)nc(-c4ncn[nH]4)c3n2)cc1Cl.COc1ccc(-c2ccc3nc(NC(C)=O)nc(-c4ncn[nH]4)c3n2)cc1Cl. The number of hydrogen-bond acceptors (Lipinski definition) is 14. The van der Waals surface area contributed by atoms with Crippen LogP contribution in [0.5, 0.6) is 11.5 Å². The third-order valence-electron chi connectivity index (χ3n) is 7.91. The zero-order chi connectivity index (χ0) is 40.1. The molecule has 4 N–H and O–H groups in total. The first kappa shape index (κ1) is 38.1. The molecule has 6 aromatic heterocycles. The van der Waals surface area contributed by atoms with Gasteiger partial charge in [0.2, 0.25) is 23.7 Å². The minimum Gasteiger partial charge on any atom is -0.495 e. The molecule has 8 aromatic rings. The van der Waals surface area contributed by atoms with E-state index in [9.17, 15) is 9.59 Å². The Labute approximate surface area is 332 Å². The highest BCUT2D eigenvalue weighted by molar-refractivity contribution is 6.32. The molecular weight excluding hydrogens is 775 g/mol. The quantitative estimate of drug-likeness (QED) is 0.121.